The summed E-state index contributed by atoms with van der Waals surface area (Å²) >= 11 is 0. The standard InChI is InChI=1S/C12H26S2.C5H14O8P2/c1-3-5-7-9-11-13-14-12-10-8-6-4-2;1-3-10-14(6,7)12-5-13-15(8,9)11-4-2/h3-12H2,1-2H3;3-5H2,1-2H3,(H,6,7)(H,8,9)/p-2. The summed E-state index contributed by atoms with van der Waals surface area (Å²) in [6.07, 6.45) is 11.2. The van der Waals surface area contributed by atoms with Crippen LogP contribution in [0.1, 0.15) is 79.1 Å². The molecule has 0 radical (unpaired) electrons. The molecule has 0 spiro atoms. The van der Waals surface area contributed by atoms with E-state index >= 15 is 0 Å². The number of phosphoric acid groups is 2. The van der Waals surface area contributed by atoms with Crippen LogP contribution in [0.2, 0.25) is 0 Å². The van der Waals surface area contributed by atoms with E-state index in [0.29, 0.717) is 0 Å². The number of hydrogen-bond acceptors (Lipinski definition) is 10. The van der Waals surface area contributed by atoms with Crippen molar-refractivity contribution in [2.24, 2.45) is 0 Å². The maximum absolute atomic E-state index is 10.7. The molecule has 0 aliphatic carbocycles. The molecule has 0 aromatic heterocycles. The molecule has 2 unspecified atom stereocenters. The van der Waals surface area contributed by atoms with Gasteiger partial charge < -0.3 is 18.8 Å². The fourth-order valence-corrected chi connectivity index (χ4v) is 5.36. The highest BCUT2D eigenvalue weighted by molar-refractivity contribution is 8.76. The first kappa shape index (κ1) is 32.1. The van der Waals surface area contributed by atoms with Crippen LogP contribution in [0.15, 0.2) is 0 Å². The van der Waals surface area contributed by atoms with Gasteiger partial charge in [0.25, 0.3) is 15.6 Å². The van der Waals surface area contributed by atoms with Gasteiger partial charge in [-0.2, -0.15) is 0 Å². The van der Waals surface area contributed by atoms with E-state index in [-0.39, 0.29) is 13.2 Å². The van der Waals surface area contributed by atoms with Crippen LogP contribution in [0.4, 0.5) is 0 Å². The Labute approximate surface area is 184 Å². The summed E-state index contributed by atoms with van der Waals surface area (Å²) in [4.78, 5) is 21.5. The molecule has 8 nitrogen and oxygen atoms in total. The summed E-state index contributed by atoms with van der Waals surface area (Å²) in [5.41, 5.74) is 0. The molecule has 0 amide bonds. The van der Waals surface area contributed by atoms with Gasteiger partial charge in [0.2, 0.25) is 0 Å². The van der Waals surface area contributed by atoms with Crippen LogP contribution >= 0.6 is 37.2 Å². The lowest BCUT2D eigenvalue weighted by Crippen LogP contribution is -2.13. The van der Waals surface area contributed by atoms with Crippen molar-refractivity contribution in [1.82, 2.24) is 0 Å². The molecule has 0 saturated heterocycles. The van der Waals surface area contributed by atoms with Crippen molar-refractivity contribution in [2.45, 2.75) is 79.1 Å². The van der Waals surface area contributed by atoms with Crippen LogP contribution in [0.5, 0.6) is 0 Å². The molecule has 0 saturated carbocycles. The van der Waals surface area contributed by atoms with Gasteiger partial charge in [0, 0.05) is 11.5 Å². The van der Waals surface area contributed by atoms with Crippen LogP contribution < -0.4 is 9.79 Å². The predicted octanol–water partition coefficient (Wildman–Crippen LogP) is 5.52. The second kappa shape index (κ2) is 22.1. The second-order valence-electron chi connectivity index (χ2n) is 5.87. The monoisotopic (exact) mass is 496 g/mol. The van der Waals surface area contributed by atoms with Crippen molar-refractivity contribution in [3.8, 4) is 0 Å². The molecule has 2 atom stereocenters. The summed E-state index contributed by atoms with van der Waals surface area (Å²) in [6.45, 7) is 6.20. The fraction of sp³-hybridized carbons (Fsp3) is 1.00. The third kappa shape index (κ3) is 26.9. The van der Waals surface area contributed by atoms with Gasteiger partial charge >= 0.3 is 0 Å². The SMILES string of the molecule is CCCCCCSSCCCCCC.CCOP(=O)([O-])OCOP(=O)([O-])OCC. The quantitative estimate of drug-likeness (QED) is 0.0979. The number of unbranched alkanes of at least 4 members (excludes halogenated alkanes) is 6. The summed E-state index contributed by atoms with van der Waals surface area (Å²) in [5, 5.41) is 0. The van der Waals surface area contributed by atoms with Crippen molar-refractivity contribution in [3.63, 3.8) is 0 Å². The minimum Gasteiger partial charge on any atom is -0.756 e. The van der Waals surface area contributed by atoms with E-state index in [1.54, 1.807) is 0 Å². The Bertz CT molecular complexity index is 406. The Morgan fingerprint density at radius 3 is 1.31 bits per heavy atom. The van der Waals surface area contributed by atoms with Crippen molar-refractivity contribution in [2.75, 3.05) is 31.5 Å². The zero-order valence-electron chi connectivity index (χ0n) is 18.2. The van der Waals surface area contributed by atoms with Gasteiger partial charge in [0.15, 0.2) is 6.79 Å². The first-order valence-electron chi connectivity index (χ1n) is 10.2. The molecule has 29 heavy (non-hydrogen) atoms. The average molecular weight is 497 g/mol. The molecule has 178 valence electrons. The second-order valence-corrected chi connectivity index (χ2v) is 11.4. The highest BCUT2D eigenvalue weighted by atomic mass is 33.1. The highest BCUT2D eigenvalue weighted by Crippen LogP contribution is 2.42. The number of phosphoric ester groups is 2. The molecule has 0 aromatic carbocycles. The summed E-state index contributed by atoms with van der Waals surface area (Å²) < 4.78 is 37.9. The maximum atomic E-state index is 10.7. The third-order valence-corrected chi connectivity index (χ3v) is 7.81. The number of rotatable bonds is 19. The summed E-state index contributed by atoms with van der Waals surface area (Å²) in [5.74, 6) is 2.72. The van der Waals surface area contributed by atoms with Crippen molar-refractivity contribution in [3.05, 3.63) is 0 Å². The Kier molecular flexibility index (Phi) is 24.5. The van der Waals surface area contributed by atoms with Crippen molar-refractivity contribution >= 4 is 37.2 Å². The predicted molar refractivity (Wildman–Crippen MR) is 119 cm³/mol. The lowest BCUT2D eigenvalue weighted by Gasteiger charge is -2.25. The van der Waals surface area contributed by atoms with Crippen LogP contribution in [0.3, 0.4) is 0 Å². The molecule has 12 heteroatoms. The van der Waals surface area contributed by atoms with Gasteiger partial charge in [0.05, 0.1) is 13.2 Å². The summed E-state index contributed by atoms with van der Waals surface area (Å²) in [6, 6.07) is 0. The Morgan fingerprint density at radius 2 is 1.00 bits per heavy atom. The molecule has 0 aliphatic rings. The van der Waals surface area contributed by atoms with Crippen LogP contribution in [-0.2, 0) is 27.2 Å². The zero-order chi connectivity index (χ0) is 22.4. The van der Waals surface area contributed by atoms with Crippen molar-refractivity contribution < 1.29 is 37.0 Å². The van der Waals surface area contributed by atoms with E-state index < -0.39 is 22.4 Å². The fourth-order valence-electron chi connectivity index (χ4n) is 1.84. The van der Waals surface area contributed by atoms with Crippen molar-refractivity contribution in [1.29, 1.82) is 0 Å². The first-order chi connectivity index (χ1) is 13.7. The van der Waals surface area contributed by atoms with Gasteiger partial charge in [0.1, 0.15) is 0 Å². The lowest BCUT2D eigenvalue weighted by atomic mass is 10.2. The van der Waals surface area contributed by atoms with E-state index in [2.05, 4.69) is 53.5 Å². The Balaban J connectivity index is 0. The normalized spacial score (nSPS) is 15.2. The molecule has 0 aliphatic heterocycles. The summed E-state index contributed by atoms with van der Waals surface area (Å²) in [7, 11) is -4.82. The lowest BCUT2D eigenvalue weighted by molar-refractivity contribution is -0.243. The van der Waals surface area contributed by atoms with Gasteiger partial charge in [-0.3, -0.25) is 18.2 Å². The van der Waals surface area contributed by atoms with Crippen LogP contribution in [-0.4, -0.2) is 31.5 Å². The molecule has 0 N–H and O–H groups in total. The van der Waals surface area contributed by atoms with Crippen LogP contribution in [0, 0.1) is 0 Å². The van der Waals surface area contributed by atoms with Gasteiger partial charge in [-0.1, -0.05) is 74.0 Å². The highest BCUT2D eigenvalue weighted by Gasteiger charge is 2.12. The average Bonchev–Trinajstić information content (AvgIpc) is 2.63. The molecule has 0 heterocycles. The minimum atomic E-state index is -4.49. The Hall–Kier alpha value is 0.920. The van der Waals surface area contributed by atoms with E-state index in [4.69, 9.17) is 0 Å². The zero-order valence-corrected chi connectivity index (χ0v) is 21.6. The molecule has 0 bridgehead atoms. The molecular weight excluding hydrogens is 458 g/mol. The van der Waals surface area contributed by atoms with E-state index in [0.717, 1.165) is 0 Å². The van der Waals surface area contributed by atoms with Crippen LogP contribution in [0.25, 0.3) is 0 Å². The molecule has 0 rings (SSSR count). The number of hydrogen-bond donors (Lipinski definition) is 0. The van der Waals surface area contributed by atoms with Gasteiger partial charge in [-0.05, 0) is 26.7 Å². The Morgan fingerprint density at radius 1 is 0.621 bits per heavy atom. The minimum absolute atomic E-state index is 0.110. The molecule has 0 aromatic rings. The smallest absolute Gasteiger partial charge is 0.269 e. The topological polar surface area (TPSA) is 117 Å². The largest absolute Gasteiger partial charge is 0.756 e. The van der Waals surface area contributed by atoms with E-state index in [1.165, 1.54) is 76.7 Å². The van der Waals surface area contributed by atoms with Gasteiger partial charge in [-0.25, -0.2) is 0 Å². The third-order valence-electron chi connectivity index (χ3n) is 3.24. The van der Waals surface area contributed by atoms with E-state index in [9.17, 15) is 18.9 Å². The first-order valence-corrected chi connectivity index (χ1v) is 15.6. The molecular formula is C17H38O8P2S2-2. The van der Waals surface area contributed by atoms with Gasteiger partial charge in [-0.15, -0.1) is 0 Å². The maximum Gasteiger partial charge on any atom is 0.269 e. The molecule has 0 fully saturated rings. The van der Waals surface area contributed by atoms with E-state index in [1.807, 2.05) is 0 Å².